The van der Waals surface area contributed by atoms with Gasteiger partial charge in [-0.2, -0.15) is 0 Å². The molecule has 1 aliphatic heterocycles. The minimum atomic E-state index is -0.291. The first-order valence-electron chi connectivity index (χ1n) is 7.10. The Balaban J connectivity index is 1.85. The average Bonchev–Trinajstić information content (AvgIpc) is 2.87. The van der Waals surface area contributed by atoms with Crippen molar-refractivity contribution in [2.75, 3.05) is 10.6 Å². The lowest BCUT2D eigenvalue weighted by atomic mass is 9.87. The highest BCUT2D eigenvalue weighted by Gasteiger charge is 2.33. The van der Waals surface area contributed by atoms with E-state index in [0.29, 0.717) is 23.1 Å². The van der Waals surface area contributed by atoms with Crippen LogP contribution in [0.5, 0.6) is 0 Å². The van der Waals surface area contributed by atoms with Crippen LogP contribution in [-0.4, -0.2) is 16.1 Å². The van der Waals surface area contributed by atoms with Gasteiger partial charge in [0.05, 0.1) is 6.04 Å². The van der Waals surface area contributed by atoms with E-state index in [9.17, 15) is 4.79 Å². The van der Waals surface area contributed by atoms with Crippen molar-refractivity contribution >= 4 is 29.0 Å². The molecule has 0 saturated heterocycles. The van der Waals surface area contributed by atoms with Crippen molar-refractivity contribution in [3.8, 4) is 0 Å². The van der Waals surface area contributed by atoms with E-state index in [0.717, 1.165) is 29.7 Å². The Labute approximate surface area is 131 Å². The highest BCUT2D eigenvalue weighted by molar-refractivity contribution is 6.30. The van der Waals surface area contributed by atoms with E-state index in [1.807, 2.05) is 24.3 Å². The van der Waals surface area contributed by atoms with Gasteiger partial charge in [0.15, 0.2) is 5.78 Å². The summed E-state index contributed by atoms with van der Waals surface area (Å²) < 4.78 is 4.78. The molecular formula is C15H13ClN4O2. The van der Waals surface area contributed by atoms with Gasteiger partial charge in [0.1, 0.15) is 0 Å². The van der Waals surface area contributed by atoms with Gasteiger partial charge >= 0.3 is 0 Å². The van der Waals surface area contributed by atoms with Gasteiger partial charge in [0, 0.05) is 22.7 Å². The zero-order chi connectivity index (χ0) is 15.1. The Bertz CT molecular complexity index is 766. The number of fused-ring (bicyclic) bond motifs is 1. The van der Waals surface area contributed by atoms with Crippen molar-refractivity contribution in [2.24, 2.45) is 0 Å². The quantitative estimate of drug-likeness (QED) is 0.840. The largest absolute Gasteiger partial charge is 0.353 e. The van der Waals surface area contributed by atoms with Crippen LogP contribution in [0.15, 0.2) is 40.2 Å². The van der Waals surface area contributed by atoms with Crippen molar-refractivity contribution < 1.29 is 9.42 Å². The summed E-state index contributed by atoms with van der Waals surface area (Å²) in [7, 11) is 0. The second-order valence-corrected chi connectivity index (χ2v) is 5.82. The van der Waals surface area contributed by atoms with Crippen LogP contribution in [-0.2, 0) is 4.79 Å². The molecule has 0 amide bonds. The fourth-order valence-corrected chi connectivity index (χ4v) is 3.08. The van der Waals surface area contributed by atoms with Crippen molar-refractivity contribution in [1.82, 2.24) is 10.3 Å². The number of nitrogens with zero attached hydrogens (tertiary/aromatic N) is 2. The number of carbonyl (C=O) groups is 1. The van der Waals surface area contributed by atoms with Crippen LogP contribution in [0.3, 0.4) is 0 Å². The zero-order valence-corrected chi connectivity index (χ0v) is 12.4. The summed E-state index contributed by atoms with van der Waals surface area (Å²) in [5, 5.41) is 14.8. The lowest BCUT2D eigenvalue weighted by Gasteiger charge is -2.24. The van der Waals surface area contributed by atoms with Crippen LogP contribution < -0.4 is 10.6 Å². The number of rotatable bonds is 1. The maximum absolute atomic E-state index is 12.5. The summed E-state index contributed by atoms with van der Waals surface area (Å²) in [6.45, 7) is 0. The monoisotopic (exact) mass is 316 g/mol. The first-order valence-corrected chi connectivity index (χ1v) is 7.48. The van der Waals surface area contributed by atoms with Gasteiger partial charge in [-0.15, -0.1) is 0 Å². The van der Waals surface area contributed by atoms with Crippen LogP contribution in [0.1, 0.15) is 30.9 Å². The number of allylic oxidation sites excluding steroid dienone is 1. The molecule has 2 heterocycles. The number of anilines is 2. The van der Waals surface area contributed by atoms with Crippen LogP contribution >= 0.6 is 11.6 Å². The van der Waals surface area contributed by atoms with Crippen LogP contribution in [0.25, 0.3) is 0 Å². The Morgan fingerprint density at radius 1 is 1.14 bits per heavy atom. The second kappa shape index (κ2) is 5.14. The van der Waals surface area contributed by atoms with Crippen molar-refractivity contribution in [2.45, 2.75) is 25.3 Å². The molecule has 4 rings (SSSR count). The number of carbonyl (C=O) groups excluding carboxylic acids is 1. The summed E-state index contributed by atoms with van der Waals surface area (Å²) in [5.41, 5.74) is 2.58. The van der Waals surface area contributed by atoms with Crippen molar-refractivity contribution in [3.05, 3.63) is 46.1 Å². The number of hydrogen-bond acceptors (Lipinski definition) is 6. The van der Waals surface area contributed by atoms with E-state index in [1.54, 1.807) is 0 Å². The smallest absolute Gasteiger partial charge is 0.219 e. The molecule has 6 nitrogen and oxygen atoms in total. The molecule has 1 atom stereocenters. The molecule has 0 saturated carbocycles. The lowest BCUT2D eigenvalue weighted by molar-refractivity contribution is -0.116. The summed E-state index contributed by atoms with van der Waals surface area (Å²) >= 11 is 5.96. The maximum atomic E-state index is 12.5. The Morgan fingerprint density at radius 2 is 1.91 bits per heavy atom. The predicted octanol–water partition coefficient (Wildman–Crippen LogP) is 3.31. The third kappa shape index (κ3) is 2.16. The summed E-state index contributed by atoms with van der Waals surface area (Å²) in [6, 6.07) is 7.15. The Morgan fingerprint density at radius 3 is 2.73 bits per heavy atom. The van der Waals surface area contributed by atoms with E-state index < -0.39 is 0 Å². The lowest BCUT2D eigenvalue weighted by Crippen LogP contribution is -2.23. The first kappa shape index (κ1) is 13.3. The van der Waals surface area contributed by atoms with Gasteiger partial charge in [-0.1, -0.05) is 23.7 Å². The van der Waals surface area contributed by atoms with Gasteiger partial charge < -0.3 is 10.6 Å². The SMILES string of the molecule is O=C1CCCC2=C1C(c1ccc(Cl)cc1)Nc1nonc1N2. The Hall–Kier alpha value is -2.34. The van der Waals surface area contributed by atoms with Gasteiger partial charge in [-0.05, 0) is 40.9 Å². The van der Waals surface area contributed by atoms with E-state index in [2.05, 4.69) is 20.9 Å². The standard InChI is InChI=1S/C15H13ClN4O2/c16-9-6-4-8(5-7-9)13-12-10(2-1-3-11(12)21)17-14-15(18-13)20-22-19-14/h4-7,13H,1-3H2,(H,17,19)(H,18,20). The third-order valence-corrected chi connectivity index (χ3v) is 4.24. The van der Waals surface area contributed by atoms with E-state index in [4.69, 9.17) is 16.2 Å². The molecule has 1 unspecified atom stereocenters. The number of halogens is 1. The first-order chi connectivity index (χ1) is 10.7. The minimum Gasteiger partial charge on any atom is -0.353 e. The topological polar surface area (TPSA) is 80.1 Å². The summed E-state index contributed by atoms with van der Waals surface area (Å²) in [5.74, 6) is 1.16. The van der Waals surface area contributed by atoms with E-state index >= 15 is 0 Å². The van der Waals surface area contributed by atoms with E-state index in [1.165, 1.54) is 0 Å². The molecule has 1 aromatic heterocycles. The minimum absolute atomic E-state index is 0.142. The molecule has 0 spiro atoms. The molecule has 2 N–H and O–H groups in total. The molecular weight excluding hydrogens is 304 g/mol. The highest BCUT2D eigenvalue weighted by atomic mass is 35.5. The molecule has 7 heteroatoms. The van der Waals surface area contributed by atoms with Gasteiger partial charge in [-0.25, -0.2) is 4.63 Å². The normalized spacial score (nSPS) is 20.6. The molecule has 22 heavy (non-hydrogen) atoms. The molecule has 1 aromatic carbocycles. The van der Waals surface area contributed by atoms with Gasteiger partial charge in [-0.3, -0.25) is 4.79 Å². The predicted molar refractivity (Wildman–Crippen MR) is 81.6 cm³/mol. The van der Waals surface area contributed by atoms with Gasteiger partial charge in [0.2, 0.25) is 11.6 Å². The van der Waals surface area contributed by atoms with E-state index in [-0.39, 0.29) is 11.8 Å². The van der Waals surface area contributed by atoms with Gasteiger partial charge in [0.25, 0.3) is 0 Å². The molecule has 0 radical (unpaired) electrons. The molecule has 0 bridgehead atoms. The number of Topliss-reactive ketones (excluding diaryl/α,β-unsaturated/α-hetero) is 1. The molecule has 2 aliphatic rings. The molecule has 0 fully saturated rings. The number of benzene rings is 1. The fourth-order valence-electron chi connectivity index (χ4n) is 2.95. The number of aromatic nitrogens is 2. The van der Waals surface area contributed by atoms with Crippen LogP contribution in [0.4, 0.5) is 11.6 Å². The molecule has 2 aromatic rings. The van der Waals surface area contributed by atoms with Crippen molar-refractivity contribution in [3.63, 3.8) is 0 Å². The maximum Gasteiger partial charge on any atom is 0.219 e. The second-order valence-electron chi connectivity index (χ2n) is 5.38. The molecule has 112 valence electrons. The number of ketones is 1. The zero-order valence-electron chi connectivity index (χ0n) is 11.6. The Kier molecular flexibility index (Phi) is 3.11. The molecule has 1 aliphatic carbocycles. The summed E-state index contributed by atoms with van der Waals surface area (Å²) in [4.78, 5) is 12.5. The third-order valence-electron chi connectivity index (χ3n) is 3.99. The highest BCUT2D eigenvalue weighted by Crippen LogP contribution is 2.39. The number of hydrogen-bond donors (Lipinski definition) is 2. The van der Waals surface area contributed by atoms with Crippen LogP contribution in [0, 0.1) is 0 Å². The average molecular weight is 317 g/mol. The summed E-state index contributed by atoms with van der Waals surface area (Å²) in [6.07, 6.45) is 2.19. The fraction of sp³-hybridized carbons (Fsp3) is 0.267. The van der Waals surface area contributed by atoms with Crippen molar-refractivity contribution in [1.29, 1.82) is 0 Å². The van der Waals surface area contributed by atoms with Crippen LogP contribution in [0.2, 0.25) is 5.02 Å². The number of nitrogens with one attached hydrogen (secondary N) is 2.